The molecule has 0 aromatic heterocycles. The monoisotopic (exact) mass is 334 g/mol. The number of hydrogen-bond acceptors (Lipinski definition) is 4. The number of hydrogen-bond donors (Lipinski definition) is 0. The SMILES string of the molecule is COC(=O)C(SC(C)CC(C)=O)c1ccc(Cl)c(Cl)c1. The summed E-state index contributed by atoms with van der Waals surface area (Å²) in [7, 11) is 1.34. The molecule has 0 fully saturated rings. The van der Waals surface area contributed by atoms with Gasteiger partial charge in [0, 0.05) is 11.7 Å². The molecule has 1 aromatic carbocycles. The molecule has 0 radical (unpaired) electrons. The maximum Gasteiger partial charge on any atom is 0.323 e. The second-order valence-electron chi connectivity index (χ2n) is 4.43. The van der Waals surface area contributed by atoms with Crippen molar-refractivity contribution in [2.24, 2.45) is 0 Å². The van der Waals surface area contributed by atoms with Gasteiger partial charge in [-0.15, -0.1) is 11.8 Å². The van der Waals surface area contributed by atoms with Crippen molar-refractivity contribution in [1.82, 2.24) is 0 Å². The molecule has 0 heterocycles. The Morgan fingerprint density at radius 2 is 1.95 bits per heavy atom. The van der Waals surface area contributed by atoms with Gasteiger partial charge in [0.2, 0.25) is 0 Å². The van der Waals surface area contributed by atoms with Crippen LogP contribution in [0.15, 0.2) is 18.2 Å². The van der Waals surface area contributed by atoms with E-state index in [0.29, 0.717) is 22.0 Å². The van der Waals surface area contributed by atoms with Gasteiger partial charge in [0.05, 0.1) is 17.2 Å². The van der Waals surface area contributed by atoms with E-state index >= 15 is 0 Å². The molecule has 6 heteroatoms. The Kier molecular flexibility index (Phi) is 6.86. The average Bonchev–Trinajstić information content (AvgIpc) is 2.37. The minimum absolute atomic E-state index is 0.00561. The van der Waals surface area contributed by atoms with E-state index in [-0.39, 0.29) is 17.0 Å². The van der Waals surface area contributed by atoms with Gasteiger partial charge in [0.1, 0.15) is 11.0 Å². The summed E-state index contributed by atoms with van der Waals surface area (Å²) >= 11 is 13.2. The lowest BCUT2D eigenvalue weighted by atomic mass is 10.1. The first kappa shape index (κ1) is 17.3. The van der Waals surface area contributed by atoms with E-state index in [1.807, 2.05) is 6.92 Å². The third-order valence-corrected chi connectivity index (χ3v) is 4.71. The summed E-state index contributed by atoms with van der Waals surface area (Å²) in [6.45, 7) is 3.43. The summed E-state index contributed by atoms with van der Waals surface area (Å²) in [4.78, 5) is 23.1. The van der Waals surface area contributed by atoms with Gasteiger partial charge in [-0.25, -0.2) is 0 Å². The van der Waals surface area contributed by atoms with Crippen molar-refractivity contribution >= 4 is 46.7 Å². The first-order valence-electron chi connectivity index (χ1n) is 6.02. The number of ketones is 1. The van der Waals surface area contributed by atoms with Crippen LogP contribution in [0.1, 0.15) is 31.1 Å². The van der Waals surface area contributed by atoms with Gasteiger partial charge >= 0.3 is 5.97 Å². The maximum atomic E-state index is 11.9. The molecule has 0 saturated heterocycles. The molecule has 3 nitrogen and oxygen atoms in total. The number of methoxy groups -OCH3 is 1. The fourth-order valence-electron chi connectivity index (χ4n) is 1.74. The van der Waals surface area contributed by atoms with Crippen LogP contribution in [0.3, 0.4) is 0 Å². The molecule has 20 heavy (non-hydrogen) atoms. The lowest BCUT2D eigenvalue weighted by Crippen LogP contribution is -2.15. The van der Waals surface area contributed by atoms with E-state index < -0.39 is 5.25 Å². The molecule has 2 atom stereocenters. The van der Waals surface area contributed by atoms with E-state index in [1.54, 1.807) is 18.2 Å². The van der Waals surface area contributed by atoms with Gasteiger partial charge in [0.25, 0.3) is 0 Å². The molecule has 0 aliphatic rings. The molecule has 0 saturated carbocycles. The fourth-order valence-corrected chi connectivity index (χ4v) is 3.35. The predicted octanol–water partition coefficient (Wildman–Crippen LogP) is 4.31. The van der Waals surface area contributed by atoms with E-state index in [9.17, 15) is 9.59 Å². The van der Waals surface area contributed by atoms with Crippen molar-refractivity contribution in [3.05, 3.63) is 33.8 Å². The molecule has 0 bridgehead atoms. The molecule has 110 valence electrons. The number of halogens is 2. The summed E-state index contributed by atoms with van der Waals surface area (Å²) in [5.74, 6) is -0.286. The summed E-state index contributed by atoms with van der Waals surface area (Å²) in [5, 5.41) is 0.300. The number of benzene rings is 1. The number of carbonyl (C=O) groups excluding carboxylic acids is 2. The third-order valence-electron chi connectivity index (χ3n) is 2.60. The molecule has 0 N–H and O–H groups in total. The number of Topliss-reactive ketones (excluding diaryl/α,β-unsaturated/α-hetero) is 1. The minimum atomic E-state index is -0.524. The molecular formula is C14H16Cl2O3S. The van der Waals surface area contributed by atoms with Crippen LogP contribution in [-0.4, -0.2) is 24.1 Å². The molecule has 1 aromatic rings. The van der Waals surface area contributed by atoms with Gasteiger partial charge < -0.3 is 4.74 Å². The van der Waals surface area contributed by atoms with Crippen LogP contribution < -0.4 is 0 Å². The zero-order chi connectivity index (χ0) is 15.3. The molecular weight excluding hydrogens is 319 g/mol. The second kappa shape index (κ2) is 7.91. The maximum absolute atomic E-state index is 11.9. The smallest absolute Gasteiger partial charge is 0.323 e. The molecule has 1 rings (SSSR count). The topological polar surface area (TPSA) is 43.4 Å². The highest BCUT2D eigenvalue weighted by atomic mass is 35.5. The Bertz CT molecular complexity index is 505. The van der Waals surface area contributed by atoms with Crippen LogP contribution in [0.2, 0.25) is 10.0 Å². The van der Waals surface area contributed by atoms with Crippen LogP contribution in [0.4, 0.5) is 0 Å². The zero-order valence-electron chi connectivity index (χ0n) is 11.5. The number of carbonyl (C=O) groups is 2. The van der Waals surface area contributed by atoms with Crippen LogP contribution in [0.5, 0.6) is 0 Å². The van der Waals surface area contributed by atoms with Crippen LogP contribution in [-0.2, 0) is 14.3 Å². The van der Waals surface area contributed by atoms with Crippen LogP contribution >= 0.6 is 35.0 Å². The van der Waals surface area contributed by atoms with Crippen molar-refractivity contribution in [2.75, 3.05) is 7.11 Å². The Morgan fingerprint density at radius 3 is 2.45 bits per heavy atom. The highest BCUT2D eigenvalue weighted by Crippen LogP contribution is 2.37. The van der Waals surface area contributed by atoms with Crippen LogP contribution in [0, 0.1) is 0 Å². The van der Waals surface area contributed by atoms with E-state index in [4.69, 9.17) is 27.9 Å². The van der Waals surface area contributed by atoms with Gasteiger partial charge in [-0.2, -0.15) is 0 Å². The minimum Gasteiger partial charge on any atom is -0.468 e. The average molecular weight is 335 g/mol. The van der Waals surface area contributed by atoms with Gasteiger partial charge in [0.15, 0.2) is 0 Å². The van der Waals surface area contributed by atoms with Crippen molar-refractivity contribution in [3.8, 4) is 0 Å². The van der Waals surface area contributed by atoms with Crippen LogP contribution in [0.25, 0.3) is 0 Å². The quantitative estimate of drug-likeness (QED) is 0.727. The first-order chi connectivity index (χ1) is 9.35. The summed E-state index contributed by atoms with van der Waals surface area (Å²) < 4.78 is 4.82. The predicted molar refractivity (Wildman–Crippen MR) is 83.6 cm³/mol. The third kappa shape index (κ3) is 5.00. The Hall–Kier alpha value is -0.710. The number of rotatable bonds is 6. The van der Waals surface area contributed by atoms with Crippen molar-refractivity contribution < 1.29 is 14.3 Å². The highest BCUT2D eigenvalue weighted by molar-refractivity contribution is 8.00. The van der Waals surface area contributed by atoms with Gasteiger partial charge in [-0.05, 0) is 24.6 Å². The van der Waals surface area contributed by atoms with Crippen molar-refractivity contribution in [3.63, 3.8) is 0 Å². The summed E-state index contributed by atoms with van der Waals surface area (Å²) in [5.41, 5.74) is 0.714. The van der Waals surface area contributed by atoms with Crippen molar-refractivity contribution in [2.45, 2.75) is 30.8 Å². The Balaban J connectivity index is 2.97. The largest absolute Gasteiger partial charge is 0.468 e. The van der Waals surface area contributed by atoms with Gasteiger partial charge in [-0.1, -0.05) is 36.2 Å². The molecule has 2 unspecified atom stereocenters. The Morgan fingerprint density at radius 1 is 1.30 bits per heavy atom. The lowest BCUT2D eigenvalue weighted by Gasteiger charge is -2.19. The lowest BCUT2D eigenvalue weighted by molar-refractivity contribution is -0.140. The Labute approximate surface area is 133 Å². The zero-order valence-corrected chi connectivity index (χ0v) is 13.8. The first-order valence-corrected chi connectivity index (χ1v) is 7.72. The highest BCUT2D eigenvalue weighted by Gasteiger charge is 2.25. The van der Waals surface area contributed by atoms with E-state index in [0.717, 1.165) is 0 Å². The molecule has 0 spiro atoms. The fraction of sp³-hybridized carbons (Fsp3) is 0.429. The number of thioether (sulfide) groups is 1. The molecule has 0 aliphatic carbocycles. The standard InChI is InChI=1S/C14H16Cl2O3S/c1-8(17)6-9(2)20-13(14(18)19-3)10-4-5-11(15)12(16)7-10/h4-5,7,9,13H,6H2,1-3H3. The molecule has 0 aliphatic heterocycles. The second-order valence-corrected chi connectivity index (χ2v) is 6.79. The number of esters is 1. The molecule has 0 amide bonds. The normalized spacial score (nSPS) is 13.7. The van der Waals surface area contributed by atoms with E-state index in [2.05, 4.69) is 0 Å². The summed E-state index contributed by atoms with van der Waals surface area (Å²) in [6.07, 6.45) is 0.402. The number of ether oxygens (including phenoxy) is 1. The van der Waals surface area contributed by atoms with E-state index in [1.165, 1.54) is 25.8 Å². The van der Waals surface area contributed by atoms with Gasteiger partial charge in [-0.3, -0.25) is 9.59 Å². The van der Waals surface area contributed by atoms with Crippen molar-refractivity contribution in [1.29, 1.82) is 0 Å². The summed E-state index contributed by atoms with van der Waals surface area (Å²) in [6, 6.07) is 5.04.